The van der Waals surface area contributed by atoms with Crippen LogP contribution in [0.15, 0.2) is 109 Å². The molecule has 1 aliphatic carbocycles. The first-order valence-corrected chi connectivity index (χ1v) is 9.27. The van der Waals surface area contributed by atoms with Crippen molar-refractivity contribution in [2.24, 2.45) is 0 Å². The molecule has 4 aromatic rings. The second kappa shape index (κ2) is 9.80. The number of hydrogen-bond acceptors (Lipinski definition) is 1. The zero-order valence-electron chi connectivity index (χ0n) is 15.8. The van der Waals surface area contributed by atoms with Gasteiger partial charge in [0.1, 0.15) is 0 Å². The van der Waals surface area contributed by atoms with Gasteiger partial charge in [0.15, 0.2) is 0 Å². The summed E-state index contributed by atoms with van der Waals surface area (Å²) in [6.07, 6.45) is 9.10. The predicted molar refractivity (Wildman–Crippen MR) is 121 cm³/mol. The van der Waals surface area contributed by atoms with Crippen molar-refractivity contribution in [2.45, 2.75) is 6.42 Å². The summed E-state index contributed by atoms with van der Waals surface area (Å²) < 4.78 is 0. The molecule has 0 fully saturated rings. The van der Waals surface area contributed by atoms with Gasteiger partial charge in [0.2, 0.25) is 0 Å². The van der Waals surface area contributed by atoms with Crippen LogP contribution in [0.3, 0.4) is 0 Å². The molecule has 0 unspecified atom stereocenters. The topological polar surface area (TPSA) is 12.0 Å². The lowest BCUT2D eigenvalue weighted by molar-refractivity contribution is 1.26. The molecule has 0 heterocycles. The van der Waals surface area contributed by atoms with E-state index in [4.69, 9.17) is 0 Å². The van der Waals surface area contributed by atoms with Gasteiger partial charge in [-0.2, -0.15) is 0 Å². The normalized spacial score (nSPS) is 10.2. The average molecular weight is 361 g/mol. The number of para-hydroxylation sites is 2. The molecule has 0 saturated heterocycles. The number of rotatable bonds is 2. The molecule has 1 N–H and O–H groups in total. The van der Waals surface area contributed by atoms with Gasteiger partial charge >= 0.3 is 0 Å². The van der Waals surface area contributed by atoms with Crippen molar-refractivity contribution in [2.75, 3.05) is 5.32 Å². The van der Waals surface area contributed by atoms with Gasteiger partial charge in [-0.05, 0) is 52.9 Å². The molecule has 28 heavy (non-hydrogen) atoms. The van der Waals surface area contributed by atoms with Crippen LogP contribution in [-0.2, 0) is 6.42 Å². The van der Waals surface area contributed by atoms with Crippen molar-refractivity contribution in [3.8, 4) is 24.0 Å². The summed E-state index contributed by atoms with van der Waals surface area (Å²) in [6.45, 7) is 0. The number of nitrogens with one attached hydrogen (secondary N) is 1. The minimum atomic E-state index is 1.10. The Bertz CT molecular complexity index is 936. The molecule has 136 valence electrons. The van der Waals surface area contributed by atoms with Gasteiger partial charge in [-0.3, -0.25) is 0 Å². The van der Waals surface area contributed by atoms with Crippen LogP contribution in [0.25, 0.3) is 11.1 Å². The second-order valence-corrected chi connectivity index (χ2v) is 6.35. The lowest BCUT2D eigenvalue weighted by Crippen LogP contribution is -1.87. The number of hydrogen-bond donors (Lipinski definition) is 1. The predicted octanol–water partition coefficient (Wildman–Crippen LogP) is 6.94. The van der Waals surface area contributed by atoms with Crippen LogP contribution < -0.4 is 5.32 Å². The van der Waals surface area contributed by atoms with Crippen LogP contribution in [0.1, 0.15) is 11.1 Å². The maximum Gasteiger partial charge on any atom is 0.0384 e. The van der Waals surface area contributed by atoms with E-state index in [0.29, 0.717) is 0 Å². The lowest BCUT2D eigenvalue weighted by atomic mass is 10.1. The summed E-state index contributed by atoms with van der Waals surface area (Å²) >= 11 is 0. The summed E-state index contributed by atoms with van der Waals surface area (Å²) in [7, 11) is 0. The van der Waals surface area contributed by atoms with Crippen LogP contribution in [0, 0.1) is 12.8 Å². The molecule has 0 saturated carbocycles. The zero-order chi connectivity index (χ0) is 19.6. The fourth-order valence-electron chi connectivity index (χ4n) is 3.29. The number of fused-ring (bicyclic) bond motifs is 3. The van der Waals surface area contributed by atoms with Crippen LogP contribution in [0.4, 0.5) is 11.4 Å². The Morgan fingerprint density at radius 1 is 0.464 bits per heavy atom. The second-order valence-electron chi connectivity index (χ2n) is 6.35. The van der Waals surface area contributed by atoms with Crippen LogP contribution in [0.5, 0.6) is 0 Å². The minimum Gasteiger partial charge on any atom is -0.356 e. The summed E-state index contributed by atoms with van der Waals surface area (Å²) in [5.41, 5.74) is 7.99. The molecule has 1 heteroatoms. The van der Waals surface area contributed by atoms with E-state index in [9.17, 15) is 0 Å². The molecule has 0 aromatic heterocycles. The molecular formula is C27H23N. The van der Waals surface area contributed by atoms with Crippen LogP contribution >= 0.6 is 0 Å². The fourth-order valence-corrected chi connectivity index (χ4v) is 3.29. The highest BCUT2D eigenvalue weighted by molar-refractivity contribution is 5.76. The Labute approximate surface area is 167 Å². The number of terminal acetylenes is 1. The monoisotopic (exact) mass is 361 g/mol. The maximum absolute atomic E-state index is 4.00. The summed E-state index contributed by atoms with van der Waals surface area (Å²) in [5.74, 6) is 0. The molecule has 0 bridgehead atoms. The quantitative estimate of drug-likeness (QED) is 0.336. The highest BCUT2D eigenvalue weighted by Crippen LogP contribution is 2.35. The zero-order valence-corrected chi connectivity index (χ0v) is 15.8. The highest BCUT2D eigenvalue weighted by atomic mass is 14.9. The van der Waals surface area contributed by atoms with Crippen molar-refractivity contribution in [1.29, 1.82) is 0 Å². The number of benzene rings is 4. The number of anilines is 2. The van der Waals surface area contributed by atoms with Gasteiger partial charge in [0.25, 0.3) is 0 Å². The molecule has 1 nitrogen and oxygen atoms in total. The molecule has 0 atom stereocenters. The third-order valence-electron chi connectivity index (χ3n) is 4.54. The van der Waals surface area contributed by atoms with Gasteiger partial charge < -0.3 is 5.32 Å². The van der Waals surface area contributed by atoms with Gasteiger partial charge in [-0.15, -0.1) is 12.8 Å². The largest absolute Gasteiger partial charge is 0.356 e. The van der Waals surface area contributed by atoms with Crippen molar-refractivity contribution in [1.82, 2.24) is 0 Å². The van der Waals surface area contributed by atoms with E-state index in [1.807, 2.05) is 60.7 Å². The Morgan fingerprint density at radius 3 is 1.25 bits per heavy atom. The third-order valence-corrected chi connectivity index (χ3v) is 4.54. The molecule has 0 aliphatic heterocycles. The van der Waals surface area contributed by atoms with Crippen LogP contribution in [-0.4, -0.2) is 0 Å². The summed E-state index contributed by atoms with van der Waals surface area (Å²) in [4.78, 5) is 0. The van der Waals surface area contributed by atoms with E-state index in [2.05, 4.69) is 66.7 Å². The van der Waals surface area contributed by atoms with E-state index >= 15 is 0 Å². The molecular weight excluding hydrogens is 338 g/mol. The molecule has 1 aliphatic rings. The first-order chi connectivity index (χ1) is 13.9. The first kappa shape index (κ1) is 19.0. The smallest absolute Gasteiger partial charge is 0.0384 e. The van der Waals surface area contributed by atoms with Gasteiger partial charge in [-0.1, -0.05) is 84.9 Å². The molecule has 0 radical (unpaired) electrons. The van der Waals surface area contributed by atoms with Crippen molar-refractivity contribution in [3.63, 3.8) is 0 Å². The van der Waals surface area contributed by atoms with Gasteiger partial charge in [-0.25, -0.2) is 0 Å². The SMILES string of the molecule is C#C.c1ccc(Nc2ccccc2)cc1.c1ccc2c(c1)Cc1ccccc1-2. The van der Waals surface area contributed by atoms with Crippen LogP contribution in [0.2, 0.25) is 0 Å². The first-order valence-electron chi connectivity index (χ1n) is 9.27. The minimum absolute atomic E-state index is 1.10. The summed E-state index contributed by atoms with van der Waals surface area (Å²) in [5, 5.41) is 3.30. The molecule has 0 amide bonds. The fraction of sp³-hybridized carbons (Fsp3) is 0.0370. The molecule has 0 spiro atoms. The van der Waals surface area contributed by atoms with Crippen molar-refractivity contribution < 1.29 is 0 Å². The van der Waals surface area contributed by atoms with Crippen molar-refractivity contribution in [3.05, 3.63) is 120 Å². The Morgan fingerprint density at radius 2 is 0.821 bits per heavy atom. The lowest BCUT2D eigenvalue weighted by Gasteiger charge is -2.04. The third kappa shape index (κ3) is 4.69. The molecule has 5 rings (SSSR count). The highest BCUT2D eigenvalue weighted by Gasteiger charge is 2.15. The Kier molecular flexibility index (Phi) is 6.66. The van der Waals surface area contributed by atoms with E-state index in [0.717, 1.165) is 17.8 Å². The van der Waals surface area contributed by atoms with Gasteiger partial charge in [0, 0.05) is 11.4 Å². The van der Waals surface area contributed by atoms with E-state index in [1.165, 1.54) is 22.3 Å². The van der Waals surface area contributed by atoms with E-state index < -0.39 is 0 Å². The maximum atomic E-state index is 4.00. The summed E-state index contributed by atoms with van der Waals surface area (Å²) in [6, 6.07) is 37.6. The average Bonchev–Trinajstić information content (AvgIpc) is 3.16. The van der Waals surface area contributed by atoms with E-state index in [-0.39, 0.29) is 0 Å². The Balaban J connectivity index is 0.000000148. The van der Waals surface area contributed by atoms with E-state index in [1.54, 1.807) is 0 Å². The Hall–Kier alpha value is -3.76. The molecule has 4 aromatic carbocycles. The van der Waals surface area contributed by atoms with Gasteiger partial charge in [0.05, 0.1) is 0 Å². The standard InChI is InChI=1S/C13H10.C12H11N.C2H2/c1-3-7-12-10(5-1)9-11-6-2-4-8-13(11)12;1-3-7-11(8-4-1)13-12-9-5-2-6-10-12;1-2/h1-8H,9H2;1-10,13H;1-2H. The van der Waals surface area contributed by atoms with Crippen molar-refractivity contribution >= 4 is 11.4 Å².